The molecule has 1 fully saturated rings. The van der Waals surface area contributed by atoms with E-state index in [1.807, 2.05) is 13.0 Å². The van der Waals surface area contributed by atoms with Crippen LogP contribution in [0.4, 0.5) is 5.82 Å². The molecule has 146 valence electrons. The van der Waals surface area contributed by atoms with Gasteiger partial charge in [-0.2, -0.15) is 0 Å². The molecule has 3 rings (SSSR count). The molecule has 2 aromatic rings. The highest BCUT2D eigenvalue weighted by molar-refractivity contribution is 7.89. The lowest BCUT2D eigenvalue weighted by atomic mass is 10.1. The second-order valence-electron chi connectivity index (χ2n) is 6.26. The second-order valence-corrected chi connectivity index (χ2v) is 8.91. The van der Waals surface area contributed by atoms with Crippen LogP contribution >= 0.6 is 11.3 Å². The predicted octanol–water partition coefficient (Wildman–Crippen LogP) is 2.10. The first kappa shape index (κ1) is 19.7. The molecule has 0 amide bonds. The summed E-state index contributed by atoms with van der Waals surface area (Å²) < 4.78 is 32.3. The number of piperidine rings is 1. The first-order valence-electron chi connectivity index (χ1n) is 8.65. The number of esters is 1. The van der Waals surface area contributed by atoms with Crippen LogP contribution in [0.2, 0.25) is 0 Å². The molecule has 27 heavy (non-hydrogen) atoms. The predicted molar refractivity (Wildman–Crippen MR) is 103 cm³/mol. The van der Waals surface area contributed by atoms with Gasteiger partial charge >= 0.3 is 5.97 Å². The van der Waals surface area contributed by atoms with E-state index in [9.17, 15) is 13.2 Å². The van der Waals surface area contributed by atoms with Crippen LogP contribution in [-0.4, -0.2) is 44.6 Å². The van der Waals surface area contributed by atoms with Gasteiger partial charge in [0.1, 0.15) is 21.4 Å². The van der Waals surface area contributed by atoms with Crippen LogP contribution < -0.4 is 9.62 Å². The summed E-state index contributed by atoms with van der Waals surface area (Å²) in [6.45, 7) is 3.70. The van der Waals surface area contributed by atoms with E-state index in [0.717, 1.165) is 48.8 Å². The Morgan fingerprint density at radius 2 is 2.04 bits per heavy atom. The zero-order valence-corrected chi connectivity index (χ0v) is 16.9. The van der Waals surface area contributed by atoms with Crippen molar-refractivity contribution in [3.8, 4) is 0 Å². The number of methoxy groups -OCH3 is 1. The molecule has 0 atom stereocenters. The minimum Gasteiger partial charge on any atom is -0.465 e. The molecular weight excluding hydrogens is 388 g/mol. The lowest BCUT2D eigenvalue weighted by molar-refractivity contribution is 0.0602. The topological polar surface area (TPSA) is 101 Å². The summed E-state index contributed by atoms with van der Waals surface area (Å²) in [5.41, 5.74) is 0.783. The number of rotatable bonds is 6. The van der Waals surface area contributed by atoms with E-state index in [4.69, 9.17) is 0 Å². The number of aromatic nitrogens is 2. The lowest BCUT2D eigenvalue weighted by Gasteiger charge is -2.28. The molecule has 1 saturated heterocycles. The van der Waals surface area contributed by atoms with Crippen molar-refractivity contribution in [3.63, 3.8) is 0 Å². The Balaban J connectivity index is 1.77. The van der Waals surface area contributed by atoms with Gasteiger partial charge in [0.05, 0.1) is 13.7 Å². The third-order valence-electron chi connectivity index (χ3n) is 4.28. The molecule has 1 N–H and O–H groups in total. The minimum atomic E-state index is -3.89. The van der Waals surface area contributed by atoms with E-state index < -0.39 is 16.0 Å². The summed E-state index contributed by atoms with van der Waals surface area (Å²) in [6.07, 6.45) is 3.47. The van der Waals surface area contributed by atoms with E-state index in [0.29, 0.717) is 5.82 Å². The van der Waals surface area contributed by atoms with Crippen LogP contribution in [0.15, 0.2) is 22.4 Å². The van der Waals surface area contributed by atoms with Gasteiger partial charge < -0.3 is 9.64 Å². The van der Waals surface area contributed by atoms with Crippen molar-refractivity contribution in [1.82, 2.24) is 14.7 Å². The summed E-state index contributed by atoms with van der Waals surface area (Å²) >= 11 is 1.02. The largest absolute Gasteiger partial charge is 0.465 e. The normalized spacial score (nSPS) is 15.0. The third-order valence-corrected chi connectivity index (χ3v) is 6.74. The zero-order chi connectivity index (χ0) is 19.4. The van der Waals surface area contributed by atoms with Crippen molar-refractivity contribution in [3.05, 3.63) is 33.9 Å². The van der Waals surface area contributed by atoms with Crippen molar-refractivity contribution in [1.29, 1.82) is 0 Å². The fourth-order valence-electron chi connectivity index (χ4n) is 2.96. The molecule has 0 aromatic carbocycles. The first-order chi connectivity index (χ1) is 12.9. The summed E-state index contributed by atoms with van der Waals surface area (Å²) in [4.78, 5) is 22.7. The highest BCUT2D eigenvalue weighted by Crippen LogP contribution is 2.23. The first-order valence-corrected chi connectivity index (χ1v) is 11.0. The quantitative estimate of drug-likeness (QED) is 0.728. The van der Waals surface area contributed by atoms with Crippen molar-refractivity contribution in [2.45, 2.75) is 37.6 Å². The van der Waals surface area contributed by atoms with Crippen LogP contribution in [0.1, 0.15) is 40.5 Å². The van der Waals surface area contributed by atoms with Crippen molar-refractivity contribution >= 4 is 33.1 Å². The van der Waals surface area contributed by atoms with Gasteiger partial charge in [-0.3, -0.25) is 0 Å². The van der Waals surface area contributed by atoms with E-state index in [1.165, 1.54) is 19.6 Å². The summed E-state index contributed by atoms with van der Waals surface area (Å²) in [6, 6.07) is 3.30. The smallest absolute Gasteiger partial charge is 0.349 e. The monoisotopic (exact) mass is 410 g/mol. The Labute approximate surface area is 162 Å². The standard InChI is InChI=1S/C17H22N4O4S2/c1-12-10-15(21-7-4-3-5-8-21)20-14(19-12)11-18-27(23,24)13-6-9-26-16(13)17(22)25-2/h6,9-10,18H,3-5,7-8,11H2,1-2H3. The number of nitrogens with one attached hydrogen (secondary N) is 1. The Kier molecular flexibility index (Phi) is 6.08. The number of anilines is 1. The van der Waals surface area contributed by atoms with Crippen molar-refractivity contribution < 1.29 is 17.9 Å². The maximum absolute atomic E-state index is 12.6. The number of nitrogens with zero attached hydrogens (tertiary/aromatic N) is 3. The minimum absolute atomic E-state index is 0.0455. The molecule has 1 aliphatic rings. The van der Waals surface area contributed by atoms with Gasteiger partial charge in [-0.1, -0.05) is 0 Å². The SMILES string of the molecule is COC(=O)c1sccc1S(=O)(=O)NCc1nc(C)cc(N2CCCCC2)n1. The molecule has 0 aliphatic carbocycles. The van der Waals surface area contributed by atoms with Crippen LogP contribution in [-0.2, 0) is 21.3 Å². The Morgan fingerprint density at radius 1 is 1.30 bits per heavy atom. The number of ether oxygens (including phenoxy) is 1. The highest BCUT2D eigenvalue weighted by Gasteiger charge is 2.25. The summed E-state index contributed by atoms with van der Waals surface area (Å²) in [7, 11) is -2.67. The molecule has 0 spiro atoms. The van der Waals surface area contributed by atoms with Crippen LogP contribution in [0, 0.1) is 6.92 Å². The number of carbonyl (C=O) groups is 1. The molecule has 8 nitrogen and oxygen atoms in total. The lowest BCUT2D eigenvalue weighted by Crippen LogP contribution is -2.31. The molecule has 1 aliphatic heterocycles. The molecule has 0 unspecified atom stereocenters. The zero-order valence-electron chi connectivity index (χ0n) is 15.3. The molecular formula is C17H22N4O4S2. The van der Waals surface area contributed by atoms with Gasteiger partial charge in [-0.15, -0.1) is 11.3 Å². The summed E-state index contributed by atoms with van der Waals surface area (Å²) in [5, 5.41) is 1.54. The Hall–Kier alpha value is -2.04. The molecule has 3 heterocycles. The number of sulfonamides is 1. The molecule has 10 heteroatoms. The van der Waals surface area contributed by atoms with E-state index in [2.05, 4.69) is 24.3 Å². The van der Waals surface area contributed by atoms with Crippen molar-refractivity contribution in [2.75, 3.05) is 25.1 Å². The Morgan fingerprint density at radius 3 is 2.74 bits per heavy atom. The fraction of sp³-hybridized carbons (Fsp3) is 0.471. The number of aryl methyl sites for hydroxylation is 1. The van der Waals surface area contributed by atoms with Crippen molar-refractivity contribution in [2.24, 2.45) is 0 Å². The van der Waals surface area contributed by atoms with Gasteiger partial charge in [0.15, 0.2) is 0 Å². The number of hydrogen-bond donors (Lipinski definition) is 1. The van der Waals surface area contributed by atoms with E-state index in [1.54, 1.807) is 5.38 Å². The molecule has 0 saturated carbocycles. The molecule has 0 radical (unpaired) electrons. The van der Waals surface area contributed by atoms with E-state index >= 15 is 0 Å². The average Bonchev–Trinajstić information content (AvgIpc) is 3.17. The maximum atomic E-state index is 12.6. The number of hydrogen-bond acceptors (Lipinski definition) is 8. The number of carbonyl (C=O) groups excluding carboxylic acids is 1. The fourth-order valence-corrected chi connectivity index (χ4v) is 5.28. The van der Waals surface area contributed by atoms with Gasteiger partial charge in [0.25, 0.3) is 0 Å². The Bertz CT molecular complexity index is 921. The van der Waals surface area contributed by atoms with Crippen LogP contribution in [0.25, 0.3) is 0 Å². The van der Waals surface area contributed by atoms with Gasteiger partial charge in [-0.05, 0) is 37.6 Å². The molecule has 0 bridgehead atoms. The molecule has 2 aromatic heterocycles. The summed E-state index contributed by atoms with van der Waals surface area (Å²) in [5.74, 6) is 0.542. The van der Waals surface area contributed by atoms with Gasteiger partial charge in [-0.25, -0.2) is 27.9 Å². The average molecular weight is 411 g/mol. The maximum Gasteiger partial charge on any atom is 0.349 e. The van der Waals surface area contributed by atoms with E-state index in [-0.39, 0.29) is 16.3 Å². The van der Waals surface area contributed by atoms with Gasteiger partial charge in [0.2, 0.25) is 10.0 Å². The highest BCUT2D eigenvalue weighted by atomic mass is 32.2. The van der Waals surface area contributed by atoms with Gasteiger partial charge in [0, 0.05) is 24.8 Å². The van der Waals surface area contributed by atoms with Crippen LogP contribution in [0.5, 0.6) is 0 Å². The third kappa shape index (κ3) is 4.63. The second kappa shape index (κ2) is 8.32. The van der Waals surface area contributed by atoms with Crippen LogP contribution in [0.3, 0.4) is 0 Å². The number of thiophene rings is 1.